The molecule has 0 amide bonds. The summed E-state index contributed by atoms with van der Waals surface area (Å²) in [6.45, 7) is 12.4. The average Bonchev–Trinajstić information content (AvgIpc) is 2.21. The molecule has 2 atom stereocenters. The highest BCUT2D eigenvalue weighted by Crippen LogP contribution is 2.22. The molecular formula is C16H30N2O4. The van der Waals surface area contributed by atoms with Gasteiger partial charge in [-0.25, -0.2) is 0 Å². The van der Waals surface area contributed by atoms with Gasteiger partial charge in [-0.3, -0.25) is 14.5 Å². The summed E-state index contributed by atoms with van der Waals surface area (Å²) in [5.41, 5.74) is 4.84. The number of ether oxygens (including phenoxy) is 2. The molecule has 128 valence electrons. The molecule has 1 aliphatic heterocycles. The Morgan fingerprint density at radius 2 is 1.68 bits per heavy atom. The number of nitrogens with zero attached hydrogens (tertiary/aromatic N) is 1. The number of hydrogen-bond donors (Lipinski definition) is 1. The Balaban J connectivity index is 2.39. The molecule has 0 unspecified atom stereocenters. The molecule has 0 bridgehead atoms. The van der Waals surface area contributed by atoms with E-state index in [0.29, 0.717) is 13.0 Å². The number of likely N-dealkylation sites (tertiary alicyclic amines) is 1. The molecule has 0 saturated carbocycles. The highest BCUT2D eigenvalue weighted by Gasteiger charge is 2.37. The lowest BCUT2D eigenvalue weighted by Crippen LogP contribution is -2.55. The van der Waals surface area contributed by atoms with E-state index in [1.807, 2.05) is 46.4 Å². The summed E-state index contributed by atoms with van der Waals surface area (Å²) in [4.78, 5) is 25.9. The van der Waals surface area contributed by atoms with Gasteiger partial charge in [-0.05, 0) is 54.4 Å². The van der Waals surface area contributed by atoms with E-state index < -0.39 is 23.2 Å². The third-order valence-corrected chi connectivity index (χ3v) is 3.25. The van der Waals surface area contributed by atoms with Crippen molar-refractivity contribution < 1.29 is 19.1 Å². The number of esters is 2. The van der Waals surface area contributed by atoms with E-state index in [1.54, 1.807) is 0 Å². The van der Waals surface area contributed by atoms with Gasteiger partial charge in [-0.2, -0.15) is 0 Å². The lowest BCUT2D eigenvalue weighted by Gasteiger charge is -2.40. The van der Waals surface area contributed by atoms with Crippen molar-refractivity contribution in [2.75, 3.05) is 13.1 Å². The van der Waals surface area contributed by atoms with Crippen molar-refractivity contribution in [3.8, 4) is 0 Å². The van der Waals surface area contributed by atoms with Crippen LogP contribution in [0, 0.1) is 0 Å². The summed E-state index contributed by atoms with van der Waals surface area (Å²) in [5.74, 6) is -0.605. The van der Waals surface area contributed by atoms with Crippen molar-refractivity contribution in [3.63, 3.8) is 0 Å². The van der Waals surface area contributed by atoms with Crippen LogP contribution in [0.5, 0.6) is 0 Å². The topological polar surface area (TPSA) is 81.9 Å². The first kappa shape index (κ1) is 18.9. The summed E-state index contributed by atoms with van der Waals surface area (Å²) in [5, 5.41) is 0. The van der Waals surface area contributed by atoms with Gasteiger partial charge in [0.25, 0.3) is 0 Å². The van der Waals surface area contributed by atoms with Gasteiger partial charge < -0.3 is 15.2 Å². The van der Waals surface area contributed by atoms with Crippen LogP contribution in [-0.4, -0.2) is 53.2 Å². The van der Waals surface area contributed by atoms with Gasteiger partial charge >= 0.3 is 11.9 Å². The Labute approximate surface area is 133 Å². The number of hydrogen-bond acceptors (Lipinski definition) is 6. The fourth-order valence-electron chi connectivity index (χ4n) is 2.15. The third kappa shape index (κ3) is 6.32. The first-order valence-corrected chi connectivity index (χ1v) is 7.84. The van der Waals surface area contributed by atoms with Crippen LogP contribution in [0.3, 0.4) is 0 Å². The van der Waals surface area contributed by atoms with E-state index in [9.17, 15) is 9.59 Å². The number of rotatable bonds is 5. The van der Waals surface area contributed by atoms with Gasteiger partial charge in [0.05, 0.1) is 0 Å². The van der Waals surface area contributed by atoms with E-state index in [-0.39, 0.29) is 12.0 Å². The minimum atomic E-state index is -0.667. The number of carbonyl (C=O) groups is 2. The minimum absolute atomic E-state index is 0.204. The van der Waals surface area contributed by atoms with Crippen LogP contribution in [0.2, 0.25) is 0 Å². The maximum Gasteiger partial charge on any atom is 0.323 e. The van der Waals surface area contributed by atoms with E-state index in [1.165, 1.54) is 0 Å². The first-order chi connectivity index (χ1) is 9.89. The maximum absolute atomic E-state index is 12.0. The fourth-order valence-corrected chi connectivity index (χ4v) is 2.15. The molecule has 1 fully saturated rings. The first-order valence-electron chi connectivity index (χ1n) is 7.84. The van der Waals surface area contributed by atoms with E-state index >= 15 is 0 Å². The standard InChI is InChI=1S/C16H30N2O4/c1-15(2,3)21-13(19)11(17)7-9-18-10-8-12(18)14(20)22-16(4,5)6/h11-12H,7-10,17H2,1-6H3/t11-,12-/m0/s1. The van der Waals surface area contributed by atoms with Gasteiger partial charge in [-0.15, -0.1) is 0 Å². The molecule has 1 rings (SSSR count). The van der Waals surface area contributed by atoms with E-state index in [0.717, 1.165) is 13.0 Å². The van der Waals surface area contributed by atoms with Gasteiger partial charge in [0, 0.05) is 13.1 Å². The second kappa shape index (κ2) is 6.96. The van der Waals surface area contributed by atoms with Crippen molar-refractivity contribution in [3.05, 3.63) is 0 Å². The molecule has 6 heteroatoms. The van der Waals surface area contributed by atoms with Crippen LogP contribution in [0.1, 0.15) is 54.4 Å². The minimum Gasteiger partial charge on any atom is -0.459 e. The summed E-state index contributed by atoms with van der Waals surface area (Å²) in [7, 11) is 0. The molecule has 0 aromatic heterocycles. The Bertz CT molecular complexity index is 409. The molecule has 0 radical (unpaired) electrons. The predicted molar refractivity (Wildman–Crippen MR) is 84.3 cm³/mol. The maximum atomic E-state index is 12.0. The summed E-state index contributed by atoms with van der Waals surface area (Å²) >= 11 is 0. The molecule has 22 heavy (non-hydrogen) atoms. The number of nitrogens with two attached hydrogens (primary N) is 1. The molecule has 0 aliphatic carbocycles. The molecule has 2 N–H and O–H groups in total. The van der Waals surface area contributed by atoms with Gasteiger partial charge in [0.2, 0.25) is 0 Å². The predicted octanol–water partition coefficient (Wildman–Crippen LogP) is 1.46. The summed E-state index contributed by atoms with van der Waals surface area (Å²) in [6.07, 6.45) is 1.25. The van der Waals surface area contributed by atoms with Crippen LogP contribution in [0.25, 0.3) is 0 Å². The Kier molecular flexibility index (Phi) is 5.98. The number of carbonyl (C=O) groups excluding carboxylic acids is 2. The van der Waals surface area contributed by atoms with Crippen LogP contribution in [0.4, 0.5) is 0 Å². The highest BCUT2D eigenvalue weighted by atomic mass is 16.6. The molecule has 0 aromatic rings. The average molecular weight is 314 g/mol. The van der Waals surface area contributed by atoms with Crippen molar-refractivity contribution >= 4 is 11.9 Å². The largest absolute Gasteiger partial charge is 0.459 e. The summed E-state index contributed by atoms with van der Waals surface area (Å²) in [6, 6.07) is -0.885. The quantitative estimate of drug-likeness (QED) is 0.774. The highest BCUT2D eigenvalue weighted by molar-refractivity contribution is 5.77. The molecule has 6 nitrogen and oxygen atoms in total. The van der Waals surface area contributed by atoms with Crippen LogP contribution in [-0.2, 0) is 19.1 Å². The SMILES string of the molecule is CC(C)(C)OC(=O)[C@@H](N)CCN1CC[C@H]1C(=O)OC(C)(C)C. The van der Waals surface area contributed by atoms with Gasteiger partial charge in [0.1, 0.15) is 23.3 Å². The lowest BCUT2D eigenvalue weighted by molar-refractivity contribution is -0.166. The summed E-state index contributed by atoms with van der Waals surface area (Å²) < 4.78 is 10.6. The van der Waals surface area contributed by atoms with Crippen molar-refractivity contribution in [2.45, 2.75) is 77.7 Å². The van der Waals surface area contributed by atoms with E-state index in [2.05, 4.69) is 0 Å². The molecular weight excluding hydrogens is 284 g/mol. The molecule has 0 spiro atoms. The van der Waals surface area contributed by atoms with Crippen molar-refractivity contribution in [1.82, 2.24) is 4.90 Å². The second-order valence-corrected chi connectivity index (χ2v) is 7.80. The Morgan fingerprint density at radius 3 is 2.09 bits per heavy atom. The van der Waals surface area contributed by atoms with Crippen molar-refractivity contribution in [1.29, 1.82) is 0 Å². The normalized spacial score (nSPS) is 21.0. The van der Waals surface area contributed by atoms with E-state index in [4.69, 9.17) is 15.2 Å². The molecule has 1 saturated heterocycles. The zero-order chi connectivity index (χ0) is 17.1. The van der Waals surface area contributed by atoms with Crippen LogP contribution < -0.4 is 5.73 Å². The zero-order valence-electron chi connectivity index (χ0n) is 14.6. The molecule has 0 aromatic carbocycles. The van der Waals surface area contributed by atoms with Crippen molar-refractivity contribution in [2.24, 2.45) is 5.73 Å². The fraction of sp³-hybridized carbons (Fsp3) is 0.875. The molecule has 1 heterocycles. The van der Waals surface area contributed by atoms with Gasteiger partial charge in [-0.1, -0.05) is 0 Å². The zero-order valence-corrected chi connectivity index (χ0v) is 14.6. The second-order valence-electron chi connectivity index (χ2n) is 7.80. The lowest BCUT2D eigenvalue weighted by atomic mass is 10.0. The Morgan fingerprint density at radius 1 is 1.14 bits per heavy atom. The smallest absolute Gasteiger partial charge is 0.323 e. The van der Waals surface area contributed by atoms with Crippen LogP contribution >= 0.6 is 0 Å². The van der Waals surface area contributed by atoms with Gasteiger partial charge in [0.15, 0.2) is 0 Å². The third-order valence-electron chi connectivity index (χ3n) is 3.25. The molecule has 1 aliphatic rings. The monoisotopic (exact) mass is 314 g/mol. The van der Waals surface area contributed by atoms with Crippen LogP contribution in [0.15, 0.2) is 0 Å². The Hall–Kier alpha value is -1.14.